The van der Waals surface area contributed by atoms with Gasteiger partial charge < -0.3 is 10.0 Å². The van der Waals surface area contributed by atoms with Gasteiger partial charge in [-0.25, -0.2) is 4.98 Å². The van der Waals surface area contributed by atoms with E-state index in [1.165, 1.54) is 11.3 Å². The molecular weight excluding hydrogens is 430 g/mol. The van der Waals surface area contributed by atoms with Gasteiger partial charge in [0, 0.05) is 43.3 Å². The van der Waals surface area contributed by atoms with E-state index in [4.69, 9.17) is 11.6 Å². The highest BCUT2D eigenvalue weighted by Crippen LogP contribution is 2.40. The minimum absolute atomic E-state index is 0.0405. The number of fused-ring (bicyclic) bond motifs is 1. The molecule has 6 nitrogen and oxygen atoms in total. The number of anilines is 1. The first-order valence-electron chi connectivity index (χ1n) is 10.5. The topological polar surface area (TPSA) is 56.9 Å². The van der Waals surface area contributed by atoms with Gasteiger partial charge in [-0.1, -0.05) is 66.3 Å². The Bertz CT molecular complexity index is 1180. The summed E-state index contributed by atoms with van der Waals surface area (Å²) in [4.78, 5) is 11.0. The Morgan fingerprint density at radius 2 is 1.84 bits per heavy atom. The molecule has 1 aliphatic heterocycles. The van der Waals surface area contributed by atoms with Gasteiger partial charge in [0.1, 0.15) is 0 Å². The van der Waals surface area contributed by atoms with Crippen LogP contribution in [0.2, 0.25) is 5.02 Å². The summed E-state index contributed by atoms with van der Waals surface area (Å²) in [6, 6.07) is 18.4. The molecule has 0 bridgehead atoms. The van der Waals surface area contributed by atoms with E-state index in [1.807, 2.05) is 43.3 Å². The van der Waals surface area contributed by atoms with Crippen LogP contribution in [0.25, 0.3) is 4.96 Å². The van der Waals surface area contributed by atoms with E-state index in [0.717, 1.165) is 64.5 Å². The van der Waals surface area contributed by atoms with Crippen LogP contribution in [0, 0.1) is 0 Å². The van der Waals surface area contributed by atoms with Crippen LogP contribution in [0.15, 0.2) is 54.6 Å². The van der Waals surface area contributed by atoms with Crippen molar-refractivity contribution >= 4 is 33.6 Å². The lowest BCUT2D eigenvalue weighted by atomic mass is 10.0. The lowest BCUT2D eigenvalue weighted by Gasteiger charge is -2.40. The van der Waals surface area contributed by atoms with E-state index >= 15 is 0 Å². The second-order valence-corrected chi connectivity index (χ2v) is 9.13. The molecule has 0 radical (unpaired) electrons. The van der Waals surface area contributed by atoms with Crippen LogP contribution in [0.3, 0.4) is 0 Å². The normalized spacial score (nSPS) is 16.1. The van der Waals surface area contributed by atoms with Crippen LogP contribution in [-0.2, 0) is 6.42 Å². The molecule has 4 aromatic rings. The highest BCUT2D eigenvalue weighted by molar-refractivity contribution is 7.17. The first kappa shape index (κ1) is 20.3. The first-order valence-corrected chi connectivity index (χ1v) is 11.7. The summed E-state index contributed by atoms with van der Waals surface area (Å²) in [6.45, 7) is 5.55. The molecule has 1 fully saturated rings. The molecule has 2 aromatic carbocycles. The van der Waals surface area contributed by atoms with Crippen molar-refractivity contribution in [3.63, 3.8) is 0 Å². The van der Waals surface area contributed by atoms with E-state index in [2.05, 4.69) is 38.1 Å². The number of nitrogens with zero attached hydrogens (tertiary/aromatic N) is 5. The predicted molar refractivity (Wildman–Crippen MR) is 125 cm³/mol. The molecule has 0 unspecified atom stereocenters. The molecule has 1 atom stereocenters. The van der Waals surface area contributed by atoms with Crippen molar-refractivity contribution in [2.75, 3.05) is 31.1 Å². The maximum absolute atomic E-state index is 11.0. The third-order valence-corrected chi connectivity index (χ3v) is 7.08. The number of aryl methyl sites for hydroxylation is 1. The van der Waals surface area contributed by atoms with Crippen molar-refractivity contribution < 1.29 is 5.11 Å². The summed E-state index contributed by atoms with van der Waals surface area (Å²) in [5, 5.41) is 16.3. The molecule has 1 N–H and O–H groups in total. The fraction of sp³-hybridized carbons (Fsp3) is 0.304. The summed E-state index contributed by atoms with van der Waals surface area (Å²) in [5.41, 5.74) is 2.31. The Hall–Kier alpha value is -2.61. The molecule has 3 heterocycles. The van der Waals surface area contributed by atoms with Crippen molar-refractivity contribution in [2.45, 2.75) is 19.4 Å². The van der Waals surface area contributed by atoms with E-state index in [0.29, 0.717) is 0 Å². The predicted octanol–water partition coefficient (Wildman–Crippen LogP) is 4.62. The number of aromatic hydroxyl groups is 1. The van der Waals surface area contributed by atoms with Gasteiger partial charge in [0.15, 0.2) is 5.82 Å². The monoisotopic (exact) mass is 453 g/mol. The van der Waals surface area contributed by atoms with E-state index in [1.54, 1.807) is 4.52 Å². The van der Waals surface area contributed by atoms with Crippen molar-refractivity contribution in [2.24, 2.45) is 0 Å². The zero-order valence-corrected chi connectivity index (χ0v) is 18.9. The molecule has 31 heavy (non-hydrogen) atoms. The van der Waals surface area contributed by atoms with Gasteiger partial charge in [0.05, 0.1) is 10.9 Å². The number of piperazine rings is 1. The Kier molecular flexibility index (Phi) is 5.56. The minimum Gasteiger partial charge on any atom is -0.492 e. The summed E-state index contributed by atoms with van der Waals surface area (Å²) >= 11 is 7.71. The van der Waals surface area contributed by atoms with Crippen LogP contribution < -0.4 is 4.90 Å². The quantitative estimate of drug-likeness (QED) is 0.477. The lowest BCUT2D eigenvalue weighted by Crippen LogP contribution is -2.47. The van der Waals surface area contributed by atoms with Crippen LogP contribution in [0.5, 0.6) is 5.88 Å². The van der Waals surface area contributed by atoms with Crippen LogP contribution in [-0.4, -0.2) is 50.8 Å². The summed E-state index contributed by atoms with van der Waals surface area (Å²) in [7, 11) is 0. The second kappa shape index (κ2) is 8.49. The molecule has 5 rings (SSSR count). The Morgan fingerprint density at radius 3 is 2.52 bits per heavy atom. The van der Waals surface area contributed by atoms with Gasteiger partial charge in [0.25, 0.3) is 0 Å². The average molecular weight is 454 g/mol. The first-order chi connectivity index (χ1) is 15.1. The number of hydrogen-bond acceptors (Lipinski definition) is 6. The molecule has 2 aromatic heterocycles. The van der Waals surface area contributed by atoms with Crippen LogP contribution in [0.4, 0.5) is 5.69 Å². The van der Waals surface area contributed by atoms with E-state index < -0.39 is 0 Å². The number of halogens is 1. The lowest BCUT2D eigenvalue weighted by molar-refractivity contribution is 0.211. The molecule has 160 valence electrons. The van der Waals surface area contributed by atoms with Gasteiger partial charge in [-0.2, -0.15) is 4.52 Å². The maximum Gasteiger partial charge on any atom is 0.230 e. The number of hydrogen-bond donors (Lipinski definition) is 1. The number of aromatic nitrogens is 3. The molecule has 0 saturated carbocycles. The third kappa shape index (κ3) is 3.89. The smallest absolute Gasteiger partial charge is 0.230 e. The largest absolute Gasteiger partial charge is 0.492 e. The molecule has 0 amide bonds. The average Bonchev–Trinajstić information content (AvgIpc) is 3.34. The highest BCUT2D eigenvalue weighted by Gasteiger charge is 2.31. The Balaban J connectivity index is 1.46. The molecule has 8 heteroatoms. The Morgan fingerprint density at radius 1 is 1.06 bits per heavy atom. The fourth-order valence-corrected chi connectivity index (χ4v) is 5.51. The maximum atomic E-state index is 11.0. The zero-order chi connectivity index (χ0) is 21.4. The molecular formula is C23H24ClN5OS. The molecule has 0 spiro atoms. The number of rotatable bonds is 5. The molecule has 1 aliphatic rings. The van der Waals surface area contributed by atoms with Gasteiger partial charge >= 0.3 is 0 Å². The van der Waals surface area contributed by atoms with Gasteiger partial charge in [-0.3, -0.25) is 4.90 Å². The number of benzene rings is 2. The summed E-state index contributed by atoms with van der Waals surface area (Å²) in [6.07, 6.45) is 0.747. The second-order valence-electron chi connectivity index (χ2n) is 7.68. The standard InChI is InChI=1S/C23H24ClN5OS/c1-2-19-25-23-29(26-19)22(30)21(31-23)20(16-7-4-3-5-8-16)28-13-11-27(12-14-28)18-10-6-9-17(24)15-18/h3-10,15,20,30H,2,11-14H2,1H3/t20-/m0/s1. The van der Waals surface area contributed by atoms with Crippen LogP contribution >= 0.6 is 22.9 Å². The fourth-order valence-electron chi connectivity index (χ4n) is 4.19. The number of thiazole rings is 1. The van der Waals surface area contributed by atoms with Crippen molar-refractivity contribution in [3.8, 4) is 5.88 Å². The van der Waals surface area contributed by atoms with Crippen molar-refractivity contribution in [1.82, 2.24) is 19.5 Å². The summed E-state index contributed by atoms with van der Waals surface area (Å²) < 4.78 is 1.58. The SMILES string of the molecule is CCc1nc2sc([C@H](c3ccccc3)N3CCN(c4cccc(Cl)c4)CC3)c(O)n2n1. The Labute approximate surface area is 190 Å². The van der Waals surface area contributed by atoms with Crippen LogP contribution in [0.1, 0.15) is 29.2 Å². The highest BCUT2D eigenvalue weighted by atomic mass is 35.5. The third-order valence-electron chi connectivity index (χ3n) is 5.78. The summed E-state index contributed by atoms with van der Waals surface area (Å²) in [5.74, 6) is 0.942. The van der Waals surface area contributed by atoms with Crippen molar-refractivity contribution in [1.29, 1.82) is 0 Å². The van der Waals surface area contributed by atoms with E-state index in [9.17, 15) is 5.11 Å². The molecule has 1 saturated heterocycles. The zero-order valence-electron chi connectivity index (χ0n) is 17.3. The minimum atomic E-state index is -0.0405. The molecule has 0 aliphatic carbocycles. The van der Waals surface area contributed by atoms with E-state index in [-0.39, 0.29) is 11.9 Å². The van der Waals surface area contributed by atoms with Gasteiger partial charge in [0.2, 0.25) is 10.8 Å². The van der Waals surface area contributed by atoms with Crippen molar-refractivity contribution in [3.05, 3.63) is 75.9 Å². The van der Waals surface area contributed by atoms with Gasteiger partial charge in [-0.15, -0.1) is 5.10 Å². The van der Waals surface area contributed by atoms with Gasteiger partial charge in [-0.05, 0) is 23.8 Å².